The molecule has 2 amide bonds. The lowest BCUT2D eigenvalue weighted by Gasteiger charge is -2.23. The van der Waals surface area contributed by atoms with Gasteiger partial charge in [0.05, 0.1) is 11.3 Å². The maximum absolute atomic E-state index is 12.0. The number of hydrogen-bond donors (Lipinski definition) is 3. The molecule has 0 aromatic rings. The first-order chi connectivity index (χ1) is 7.81. The number of carbonyl (C=O) groups is 2. The van der Waals surface area contributed by atoms with Crippen molar-refractivity contribution >= 4 is 17.6 Å². The van der Waals surface area contributed by atoms with Gasteiger partial charge in [-0.2, -0.15) is 0 Å². The van der Waals surface area contributed by atoms with Crippen molar-refractivity contribution in [3.63, 3.8) is 0 Å². The molecule has 5 N–H and O–H groups in total. The third-order valence-corrected chi connectivity index (χ3v) is 3.31. The summed E-state index contributed by atoms with van der Waals surface area (Å²) in [5.74, 6) is -1.51. The molecule has 1 aliphatic rings. The summed E-state index contributed by atoms with van der Waals surface area (Å²) in [7, 11) is 0. The summed E-state index contributed by atoms with van der Waals surface area (Å²) in [6.07, 6.45) is 0.539. The fourth-order valence-corrected chi connectivity index (χ4v) is 1.84. The Hall–Kier alpha value is -1.79. The van der Waals surface area contributed by atoms with Crippen molar-refractivity contribution in [3.8, 4) is 0 Å². The predicted molar refractivity (Wildman–Crippen MR) is 61.1 cm³/mol. The van der Waals surface area contributed by atoms with Gasteiger partial charge in [0.1, 0.15) is 0 Å². The van der Waals surface area contributed by atoms with Crippen LogP contribution >= 0.6 is 0 Å². The van der Waals surface area contributed by atoms with Crippen LogP contribution in [0.1, 0.15) is 20.3 Å². The maximum Gasteiger partial charge on any atom is 0.233 e. The molecule has 17 heavy (non-hydrogen) atoms. The van der Waals surface area contributed by atoms with Crippen LogP contribution in [-0.4, -0.2) is 40.8 Å². The Labute approximate surface area is 99.4 Å². The number of nitrogens with zero attached hydrogens (tertiary/aromatic N) is 2. The van der Waals surface area contributed by atoms with Gasteiger partial charge in [0, 0.05) is 13.1 Å². The van der Waals surface area contributed by atoms with Gasteiger partial charge in [-0.15, -0.1) is 0 Å². The van der Waals surface area contributed by atoms with Gasteiger partial charge in [0.25, 0.3) is 0 Å². The van der Waals surface area contributed by atoms with Crippen molar-refractivity contribution in [2.75, 3.05) is 13.1 Å². The van der Waals surface area contributed by atoms with Gasteiger partial charge >= 0.3 is 0 Å². The van der Waals surface area contributed by atoms with Crippen molar-refractivity contribution in [2.45, 2.75) is 20.3 Å². The van der Waals surface area contributed by atoms with Crippen LogP contribution in [0.25, 0.3) is 0 Å². The molecule has 1 fully saturated rings. The van der Waals surface area contributed by atoms with Crippen LogP contribution in [0.4, 0.5) is 0 Å². The lowest BCUT2D eigenvalue weighted by Crippen LogP contribution is -2.42. The average Bonchev–Trinajstić information content (AvgIpc) is 2.70. The fraction of sp³-hybridized carbons (Fsp3) is 0.700. The highest BCUT2D eigenvalue weighted by Crippen LogP contribution is 2.30. The van der Waals surface area contributed by atoms with Crippen molar-refractivity contribution < 1.29 is 14.8 Å². The number of amides is 2. The number of oxime groups is 1. The summed E-state index contributed by atoms with van der Waals surface area (Å²) in [6.45, 7) is 4.03. The summed E-state index contributed by atoms with van der Waals surface area (Å²) < 4.78 is 0. The number of likely N-dealkylation sites (tertiary alicyclic amines) is 1. The highest BCUT2D eigenvalue weighted by Gasteiger charge is 2.41. The van der Waals surface area contributed by atoms with E-state index in [9.17, 15) is 9.59 Å². The number of carbonyl (C=O) groups excluding carboxylic acids is 2. The molecule has 0 radical (unpaired) electrons. The Bertz CT molecular complexity index is 369. The molecule has 2 unspecified atom stereocenters. The van der Waals surface area contributed by atoms with E-state index in [2.05, 4.69) is 5.16 Å². The standard InChI is InChI=1S/C10H18N4O3/c1-6(7(11)13-17)8(15)14-4-3-10(2,5-14)9(12)16/h6,17H,3-5H2,1-2H3,(H2,11,13)(H2,12,16). The van der Waals surface area contributed by atoms with E-state index in [4.69, 9.17) is 16.7 Å². The van der Waals surface area contributed by atoms with E-state index in [1.165, 1.54) is 4.90 Å². The summed E-state index contributed by atoms with van der Waals surface area (Å²) in [4.78, 5) is 24.7. The monoisotopic (exact) mass is 242 g/mol. The van der Waals surface area contributed by atoms with E-state index < -0.39 is 17.2 Å². The third-order valence-electron chi connectivity index (χ3n) is 3.31. The minimum Gasteiger partial charge on any atom is -0.409 e. The molecule has 0 spiro atoms. The lowest BCUT2D eigenvalue weighted by molar-refractivity contribution is -0.133. The molecule has 0 bridgehead atoms. The van der Waals surface area contributed by atoms with Gasteiger partial charge in [-0.25, -0.2) is 0 Å². The molecule has 1 heterocycles. The van der Waals surface area contributed by atoms with E-state index in [1.807, 2.05) is 0 Å². The summed E-state index contributed by atoms with van der Waals surface area (Å²) in [5, 5.41) is 11.3. The van der Waals surface area contributed by atoms with E-state index in [-0.39, 0.29) is 18.3 Å². The number of nitrogens with two attached hydrogens (primary N) is 2. The predicted octanol–water partition coefficient (Wildman–Crippen LogP) is -0.907. The Kier molecular flexibility index (Phi) is 3.59. The second-order valence-corrected chi connectivity index (χ2v) is 4.68. The van der Waals surface area contributed by atoms with Crippen LogP contribution in [0.15, 0.2) is 5.16 Å². The van der Waals surface area contributed by atoms with Gasteiger partial charge in [-0.3, -0.25) is 9.59 Å². The highest BCUT2D eigenvalue weighted by atomic mass is 16.4. The Balaban J connectivity index is 2.72. The van der Waals surface area contributed by atoms with Crippen LogP contribution in [0, 0.1) is 11.3 Å². The molecule has 7 heteroatoms. The molecule has 2 atom stereocenters. The SMILES string of the molecule is CC(C(=O)N1CCC(C)(C(N)=O)C1)C(N)=NO. The number of rotatable bonds is 3. The molecule has 1 saturated heterocycles. The van der Waals surface area contributed by atoms with Crippen LogP contribution in [0.5, 0.6) is 0 Å². The van der Waals surface area contributed by atoms with E-state index >= 15 is 0 Å². The Morgan fingerprint density at radius 2 is 2.06 bits per heavy atom. The number of hydrogen-bond acceptors (Lipinski definition) is 4. The van der Waals surface area contributed by atoms with Crippen molar-refractivity contribution in [1.29, 1.82) is 0 Å². The summed E-state index contributed by atoms with van der Waals surface area (Å²) >= 11 is 0. The van der Waals surface area contributed by atoms with Crippen molar-refractivity contribution in [3.05, 3.63) is 0 Å². The first-order valence-electron chi connectivity index (χ1n) is 5.38. The molecule has 7 nitrogen and oxygen atoms in total. The van der Waals surface area contributed by atoms with Gasteiger partial charge in [-0.05, 0) is 20.3 Å². The molecule has 1 aliphatic heterocycles. The molecule has 96 valence electrons. The van der Waals surface area contributed by atoms with Crippen molar-refractivity contribution in [2.24, 2.45) is 28.0 Å². The van der Waals surface area contributed by atoms with Crippen molar-refractivity contribution in [1.82, 2.24) is 4.90 Å². The zero-order valence-corrected chi connectivity index (χ0v) is 10.0. The molecular formula is C10H18N4O3. The first-order valence-corrected chi connectivity index (χ1v) is 5.38. The molecule has 0 aromatic carbocycles. The van der Waals surface area contributed by atoms with E-state index in [1.54, 1.807) is 13.8 Å². The van der Waals surface area contributed by atoms with E-state index in [0.717, 1.165) is 0 Å². The average molecular weight is 242 g/mol. The number of primary amides is 1. The number of amidine groups is 1. The highest BCUT2D eigenvalue weighted by molar-refractivity contribution is 6.02. The fourth-order valence-electron chi connectivity index (χ4n) is 1.84. The molecule has 0 aromatic heterocycles. The largest absolute Gasteiger partial charge is 0.409 e. The molecule has 0 saturated carbocycles. The van der Waals surface area contributed by atoms with Gasteiger partial charge in [0.15, 0.2) is 5.84 Å². The molecular weight excluding hydrogens is 224 g/mol. The topological polar surface area (TPSA) is 122 Å². The molecule has 0 aliphatic carbocycles. The van der Waals surface area contributed by atoms with Crippen LogP contribution in [-0.2, 0) is 9.59 Å². The van der Waals surface area contributed by atoms with Gasteiger partial charge < -0.3 is 21.6 Å². The summed E-state index contributed by atoms with van der Waals surface area (Å²) in [6, 6.07) is 0. The smallest absolute Gasteiger partial charge is 0.233 e. The zero-order valence-electron chi connectivity index (χ0n) is 10.0. The second-order valence-electron chi connectivity index (χ2n) is 4.68. The maximum atomic E-state index is 12.0. The second kappa shape index (κ2) is 4.60. The van der Waals surface area contributed by atoms with E-state index in [0.29, 0.717) is 13.0 Å². The minimum absolute atomic E-state index is 0.136. The summed E-state index contributed by atoms with van der Waals surface area (Å²) in [5.41, 5.74) is 9.98. The Morgan fingerprint density at radius 3 is 2.47 bits per heavy atom. The van der Waals surface area contributed by atoms with Gasteiger partial charge in [-0.1, -0.05) is 5.16 Å². The van der Waals surface area contributed by atoms with Crippen LogP contribution in [0.3, 0.4) is 0 Å². The third kappa shape index (κ3) is 2.48. The quantitative estimate of drug-likeness (QED) is 0.257. The van der Waals surface area contributed by atoms with Crippen LogP contribution in [0.2, 0.25) is 0 Å². The van der Waals surface area contributed by atoms with Crippen LogP contribution < -0.4 is 11.5 Å². The first kappa shape index (κ1) is 13.3. The normalized spacial score (nSPS) is 26.9. The molecule has 1 rings (SSSR count). The van der Waals surface area contributed by atoms with Gasteiger partial charge in [0.2, 0.25) is 11.8 Å². The lowest BCUT2D eigenvalue weighted by atomic mass is 9.89. The Morgan fingerprint density at radius 1 is 1.47 bits per heavy atom. The minimum atomic E-state index is -0.699. The zero-order chi connectivity index (χ0) is 13.2.